The van der Waals surface area contributed by atoms with Crippen LogP contribution < -0.4 is 17.0 Å². The number of hydrogen-bond donors (Lipinski definition) is 1. The Morgan fingerprint density at radius 2 is 1.75 bits per heavy atom. The van der Waals surface area contributed by atoms with Gasteiger partial charge in [0, 0.05) is 35.5 Å². The van der Waals surface area contributed by atoms with Crippen molar-refractivity contribution in [3.05, 3.63) is 79.4 Å². The molecule has 36 heavy (non-hydrogen) atoms. The molecule has 1 amide bonds. The molecule has 0 bridgehead atoms. The van der Waals surface area contributed by atoms with Gasteiger partial charge in [0.1, 0.15) is 11.9 Å². The first-order valence-corrected chi connectivity index (χ1v) is 12.2. The molecule has 0 aliphatic carbocycles. The van der Waals surface area contributed by atoms with Crippen LogP contribution in [0.15, 0.2) is 58.1 Å². The average Bonchev–Trinajstić information content (AvgIpc) is 3.25. The molecule has 2 N–H and O–H groups in total. The minimum absolute atomic E-state index is 0.131. The van der Waals surface area contributed by atoms with Gasteiger partial charge in [0.2, 0.25) is 5.91 Å². The van der Waals surface area contributed by atoms with Crippen LogP contribution in [0.25, 0.3) is 28.2 Å². The lowest BCUT2D eigenvalue weighted by Gasteiger charge is -2.25. The van der Waals surface area contributed by atoms with Gasteiger partial charge in [0.05, 0.1) is 5.02 Å². The fourth-order valence-corrected chi connectivity index (χ4v) is 4.93. The predicted octanol–water partition coefficient (Wildman–Crippen LogP) is 3.72. The molecule has 0 unspecified atom stereocenters. The number of carbonyl (C=O) groups excluding carboxylic acids is 1. The smallest absolute Gasteiger partial charge is 0.333 e. The summed E-state index contributed by atoms with van der Waals surface area (Å²) in [6.07, 6.45) is 1.10. The molecule has 1 aliphatic heterocycles. The van der Waals surface area contributed by atoms with Crippen molar-refractivity contribution in [3.63, 3.8) is 0 Å². The lowest BCUT2D eigenvalue weighted by molar-refractivity contribution is -0.120. The Hall–Kier alpha value is -3.40. The summed E-state index contributed by atoms with van der Waals surface area (Å²) in [5, 5.41) is 0.940. The molecule has 9 nitrogen and oxygen atoms in total. The van der Waals surface area contributed by atoms with E-state index in [-0.39, 0.29) is 17.2 Å². The Kier molecular flexibility index (Phi) is 6.46. The number of benzene rings is 2. The van der Waals surface area contributed by atoms with E-state index in [4.69, 9.17) is 38.7 Å². The maximum absolute atomic E-state index is 13.9. The zero-order valence-electron chi connectivity index (χ0n) is 19.4. The van der Waals surface area contributed by atoms with Crippen LogP contribution in [0, 0.1) is 0 Å². The second kappa shape index (κ2) is 9.57. The lowest BCUT2D eigenvalue weighted by Crippen LogP contribution is -2.46. The molecule has 5 rings (SSSR count). The van der Waals surface area contributed by atoms with E-state index in [9.17, 15) is 14.4 Å². The molecule has 4 aromatic rings. The molecular weight excluding hydrogens is 505 g/mol. The molecular formula is C25H23Cl2N5O4. The quantitative estimate of drug-likeness (QED) is 0.424. The molecule has 3 heterocycles. The summed E-state index contributed by atoms with van der Waals surface area (Å²) in [7, 11) is 0. The van der Waals surface area contributed by atoms with E-state index < -0.39 is 23.2 Å². The summed E-state index contributed by atoms with van der Waals surface area (Å²) < 4.78 is 9.54. The number of primary amides is 1. The molecule has 1 atom stereocenters. The normalized spacial score (nSPS) is 15.3. The summed E-state index contributed by atoms with van der Waals surface area (Å²) in [6, 6.07) is 12.5. The molecule has 1 saturated heterocycles. The van der Waals surface area contributed by atoms with E-state index in [1.807, 2.05) is 6.07 Å². The van der Waals surface area contributed by atoms with Crippen molar-refractivity contribution in [1.29, 1.82) is 0 Å². The molecule has 0 radical (unpaired) electrons. The molecule has 186 valence electrons. The topological polar surface area (TPSA) is 114 Å². The van der Waals surface area contributed by atoms with Gasteiger partial charge in [0.25, 0.3) is 5.56 Å². The largest absolute Gasteiger partial charge is 0.381 e. The van der Waals surface area contributed by atoms with Gasteiger partial charge in [-0.05, 0) is 56.2 Å². The lowest BCUT2D eigenvalue weighted by atomic mass is 10.1. The van der Waals surface area contributed by atoms with E-state index in [2.05, 4.69) is 0 Å². The van der Waals surface area contributed by atoms with E-state index in [0.29, 0.717) is 53.2 Å². The van der Waals surface area contributed by atoms with E-state index >= 15 is 0 Å². The predicted molar refractivity (Wildman–Crippen MR) is 138 cm³/mol. The van der Waals surface area contributed by atoms with Gasteiger partial charge in [0.15, 0.2) is 11.2 Å². The standard InChI is InChI=1S/C25H23Cl2N5O4/c1-14(21(28)33)30-24(34)20-23(32(25(30)35)17-10-12-36-13-11-17)29-22(18-4-2-3-5-19(18)27)31(20)16-8-6-15(26)7-9-16/h2-9,14,17H,10-13H2,1H3,(H2,28,33)/t14-/m1/s1. The average molecular weight is 528 g/mol. The van der Waals surface area contributed by atoms with Crippen molar-refractivity contribution in [3.8, 4) is 17.1 Å². The molecule has 1 fully saturated rings. The minimum atomic E-state index is -1.17. The number of fused-ring (bicyclic) bond motifs is 1. The summed E-state index contributed by atoms with van der Waals surface area (Å²) in [5.74, 6) is -0.421. The highest BCUT2D eigenvalue weighted by molar-refractivity contribution is 6.33. The number of aromatic nitrogens is 4. The fourth-order valence-electron chi connectivity index (χ4n) is 4.58. The number of amides is 1. The van der Waals surface area contributed by atoms with E-state index in [1.54, 1.807) is 47.0 Å². The fraction of sp³-hybridized carbons (Fsp3) is 0.280. The van der Waals surface area contributed by atoms with Crippen LogP contribution >= 0.6 is 23.2 Å². The number of nitrogens with zero attached hydrogens (tertiary/aromatic N) is 4. The molecule has 1 aliphatic rings. The first-order valence-electron chi connectivity index (χ1n) is 11.5. The Morgan fingerprint density at radius 3 is 2.39 bits per heavy atom. The second-order valence-electron chi connectivity index (χ2n) is 8.65. The molecule has 2 aromatic carbocycles. The van der Waals surface area contributed by atoms with Crippen LogP contribution in [0.4, 0.5) is 0 Å². The van der Waals surface area contributed by atoms with E-state index in [0.717, 1.165) is 4.57 Å². The third-order valence-electron chi connectivity index (χ3n) is 6.48. The van der Waals surface area contributed by atoms with Gasteiger partial charge >= 0.3 is 5.69 Å². The number of nitrogens with two attached hydrogens (primary N) is 1. The van der Waals surface area contributed by atoms with Gasteiger partial charge in [-0.2, -0.15) is 0 Å². The van der Waals surface area contributed by atoms with Crippen LogP contribution in [0.3, 0.4) is 0 Å². The van der Waals surface area contributed by atoms with Gasteiger partial charge < -0.3 is 10.5 Å². The number of ether oxygens (including phenoxy) is 1. The first kappa shape index (κ1) is 24.3. The van der Waals surface area contributed by atoms with Crippen molar-refractivity contribution in [1.82, 2.24) is 18.7 Å². The molecule has 2 aromatic heterocycles. The number of hydrogen-bond acceptors (Lipinski definition) is 5. The zero-order chi connectivity index (χ0) is 25.6. The highest BCUT2D eigenvalue weighted by Gasteiger charge is 2.30. The summed E-state index contributed by atoms with van der Waals surface area (Å²) in [4.78, 5) is 44.6. The maximum Gasteiger partial charge on any atom is 0.333 e. The number of rotatable bonds is 5. The number of carbonyl (C=O) groups is 1. The number of halogens is 2. The van der Waals surface area contributed by atoms with Crippen LogP contribution in [0.1, 0.15) is 31.8 Å². The van der Waals surface area contributed by atoms with Crippen molar-refractivity contribution in [2.45, 2.75) is 31.8 Å². The third kappa shape index (κ3) is 4.03. The Bertz CT molecular complexity index is 1580. The highest BCUT2D eigenvalue weighted by Crippen LogP contribution is 2.33. The van der Waals surface area contributed by atoms with Crippen molar-refractivity contribution >= 4 is 40.3 Å². The van der Waals surface area contributed by atoms with Crippen LogP contribution in [-0.4, -0.2) is 37.8 Å². The van der Waals surface area contributed by atoms with Crippen molar-refractivity contribution in [2.24, 2.45) is 5.73 Å². The van der Waals surface area contributed by atoms with Crippen LogP contribution in [0.5, 0.6) is 0 Å². The van der Waals surface area contributed by atoms with Gasteiger partial charge in [-0.3, -0.25) is 18.7 Å². The molecule has 11 heteroatoms. The third-order valence-corrected chi connectivity index (χ3v) is 7.06. The Morgan fingerprint density at radius 1 is 1.08 bits per heavy atom. The second-order valence-corrected chi connectivity index (χ2v) is 9.49. The van der Waals surface area contributed by atoms with Gasteiger partial charge in [-0.1, -0.05) is 35.3 Å². The van der Waals surface area contributed by atoms with Gasteiger partial charge in [-0.15, -0.1) is 0 Å². The Balaban J connectivity index is 1.97. The number of imidazole rings is 1. The zero-order valence-corrected chi connectivity index (χ0v) is 20.9. The first-order chi connectivity index (χ1) is 17.3. The highest BCUT2D eigenvalue weighted by atomic mass is 35.5. The molecule has 0 saturated carbocycles. The maximum atomic E-state index is 13.9. The van der Waals surface area contributed by atoms with E-state index in [1.165, 1.54) is 11.5 Å². The van der Waals surface area contributed by atoms with Crippen LogP contribution in [-0.2, 0) is 9.53 Å². The van der Waals surface area contributed by atoms with Crippen molar-refractivity contribution < 1.29 is 9.53 Å². The monoisotopic (exact) mass is 527 g/mol. The molecule has 0 spiro atoms. The van der Waals surface area contributed by atoms with Crippen LogP contribution in [0.2, 0.25) is 10.0 Å². The summed E-state index contributed by atoms with van der Waals surface area (Å²) in [5.41, 5.74) is 5.72. The Labute approximate surface area is 215 Å². The summed E-state index contributed by atoms with van der Waals surface area (Å²) in [6.45, 7) is 2.35. The minimum Gasteiger partial charge on any atom is -0.381 e. The van der Waals surface area contributed by atoms with Gasteiger partial charge in [-0.25, -0.2) is 14.3 Å². The SMILES string of the molecule is C[C@H](C(N)=O)n1c(=O)c2c(nc(-c3ccccc3Cl)n2-c2ccc(Cl)cc2)n(C2CCOCC2)c1=O. The van der Waals surface area contributed by atoms with Crippen molar-refractivity contribution in [2.75, 3.05) is 13.2 Å². The summed E-state index contributed by atoms with van der Waals surface area (Å²) >= 11 is 12.7.